The molecule has 1 aromatic carbocycles. The van der Waals surface area contributed by atoms with Crippen molar-refractivity contribution in [2.24, 2.45) is 5.41 Å². The van der Waals surface area contributed by atoms with E-state index in [9.17, 15) is 0 Å². The fraction of sp³-hybridized carbons (Fsp3) is 0.625. The molecule has 0 saturated heterocycles. The Bertz CT molecular complexity index is 367. The monoisotopic (exact) mass is 286 g/mol. The van der Waals surface area contributed by atoms with E-state index in [1.54, 1.807) is 0 Å². The molecule has 0 radical (unpaired) electrons. The Labute approximate surface area is 122 Å². The number of hydrogen-bond acceptors (Lipinski definition) is 0. The molecule has 2 heteroatoms. The van der Waals surface area contributed by atoms with Gasteiger partial charge in [0, 0.05) is 10.9 Å². The van der Waals surface area contributed by atoms with Crippen LogP contribution in [0.5, 0.6) is 0 Å². The van der Waals surface area contributed by atoms with E-state index in [2.05, 4.69) is 32.9 Å². The number of aryl methyl sites for hydroxylation is 1. The summed E-state index contributed by atoms with van der Waals surface area (Å²) in [7, 11) is 0. The molecule has 0 bridgehead atoms. The molecule has 0 aliphatic rings. The van der Waals surface area contributed by atoms with Crippen molar-refractivity contribution in [3.8, 4) is 0 Å². The Hall–Kier alpha value is -0.200. The lowest BCUT2D eigenvalue weighted by Crippen LogP contribution is -2.25. The molecule has 0 saturated carbocycles. The molecule has 1 rings (SSSR count). The van der Waals surface area contributed by atoms with E-state index in [-0.39, 0.29) is 5.41 Å². The molecule has 0 amide bonds. The van der Waals surface area contributed by atoms with E-state index in [0.29, 0.717) is 5.88 Å². The van der Waals surface area contributed by atoms with Crippen molar-refractivity contribution in [1.29, 1.82) is 0 Å². The topological polar surface area (TPSA) is 0 Å². The minimum atomic E-state index is 0.205. The predicted octanol–water partition coefficient (Wildman–Crippen LogP) is 6.02. The first-order valence-electron chi connectivity index (χ1n) is 6.88. The summed E-state index contributed by atoms with van der Waals surface area (Å²) in [5.74, 6) is 0.716. The molecule has 0 N–H and O–H groups in total. The molecule has 0 aliphatic carbocycles. The second-order valence-electron chi connectivity index (χ2n) is 5.36. The lowest BCUT2D eigenvalue weighted by Gasteiger charge is -2.31. The van der Waals surface area contributed by atoms with Gasteiger partial charge < -0.3 is 0 Å². The van der Waals surface area contributed by atoms with Crippen LogP contribution in [0.4, 0.5) is 0 Å². The van der Waals surface area contributed by atoms with Crippen molar-refractivity contribution in [1.82, 2.24) is 0 Å². The van der Waals surface area contributed by atoms with Gasteiger partial charge in [-0.3, -0.25) is 0 Å². The summed E-state index contributed by atoms with van der Waals surface area (Å²) in [4.78, 5) is 0. The van der Waals surface area contributed by atoms with Crippen LogP contribution in [0.3, 0.4) is 0 Å². The molecule has 0 aliphatic heterocycles. The van der Waals surface area contributed by atoms with Crippen LogP contribution in [-0.4, -0.2) is 5.88 Å². The summed E-state index contributed by atoms with van der Waals surface area (Å²) < 4.78 is 0. The molecule has 102 valence electrons. The van der Waals surface area contributed by atoms with Gasteiger partial charge >= 0.3 is 0 Å². The molecule has 0 heterocycles. The van der Waals surface area contributed by atoms with Crippen LogP contribution in [0.15, 0.2) is 18.2 Å². The Morgan fingerprint density at radius 1 is 1.22 bits per heavy atom. The minimum Gasteiger partial charge on any atom is -0.126 e. The standard InChI is InChI=1S/C16H24Cl2/c1-4-6-9-16(5-2,12-17)11-14-8-7-13(3)10-15(14)18/h7-8,10H,4-6,9,11-12H2,1-3H3. The third kappa shape index (κ3) is 4.17. The van der Waals surface area contributed by atoms with Crippen LogP contribution in [0.2, 0.25) is 5.02 Å². The minimum absolute atomic E-state index is 0.205. The zero-order valence-electron chi connectivity index (χ0n) is 11.7. The van der Waals surface area contributed by atoms with E-state index < -0.39 is 0 Å². The molecule has 0 spiro atoms. The summed E-state index contributed by atoms with van der Waals surface area (Å²) in [5, 5.41) is 0.884. The highest BCUT2D eigenvalue weighted by molar-refractivity contribution is 6.31. The predicted molar refractivity (Wildman–Crippen MR) is 82.9 cm³/mol. The van der Waals surface area contributed by atoms with Crippen molar-refractivity contribution in [2.75, 3.05) is 5.88 Å². The maximum Gasteiger partial charge on any atom is 0.0440 e. The number of halogens is 2. The third-order valence-electron chi connectivity index (χ3n) is 3.87. The number of unbranched alkanes of at least 4 members (excludes halogenated alkanes) is 1. The van der Waals surface area contributed by atoms with Crippen LogP contribution >= 0.6 is 23.2 Å². The highest BCUT2D eigenvalue weighted by Gasteiger charge is 2.27. The van der Waals surface area contributed by atoms with Gasteiger partial charge in [-0.15, -0.1) is 11.6 Å². The molecule has 0 fully saturated rings. The van der Waals surface area contributed by atoms with Crippen LogP contribution in [0.1, 0.15) is 50.7 Å². The highest BCUT2D eigenvalue weighted by atomic mass is 35.5. The Kier molecular flexibility index (Phi) is 6.52. The highest BCUT2D eigenvalue weighted by Crippen LogP contribution is 2.36. The van der Waals surface area contributed by atoms with Gasteiger partial charge in [0.25, 0.3) is 0 Å². The maximum atomic E-state index is 6.34. The lowest BCUT2D eigenvalue weighted by molar-refractivity contribution is 0.279. The van der Waals surface area contributed by atoms with E-state index in [1.165, 1.54) is 30.4 Å². The summed E-state index contributed by atoms with van der Waals surface area (Å²) in [5.41, 5.74) is 2.65. The first-order chi connectivity index (χ1) is 8.56. The van der Waals surface area contributed by atoms with Crippen molar-refractivity contribution in [2.45, 2.75) is 52.9 Å². The van der Waals surface area contributed by atoms with E-state index >= 15 is 0 Å². The molecule has 0 aromatic heterocycles. The normalized spacial score (nSPS) is 14.5. The summed E-state index contributed by atoms with van der Waals surface area (Å²) >= 11 is 12.6. The number of hydrogen-bond donors (Lipinski definition) is 0. The van der Waals surface area contributed by atoms with Crippen LogP contribution in [0.25, 0.3) is 0 Å². The molecule has 1 aromatic rings. The average molecular weight is 287 g/mol. The van der Waals surface area contributed by atoms with E-state index in [0.717, 1.165) is 17.9 Å². The SMILES string of the molecule is CCCCC(CC)(CCl)Cc1ccc(C)cc1Cl. The van der Waals surface area contributed by atoms with Gasteiger partial charge in [-0.05, 0) is 48.8 Å². The first-order valence-corrected chi connectivity index (χ1v) is 7.79. The van der Waals surface area contributed by atoms with Gasteiger partial charge in [-0.2, -0.15) is 0 Å². The summed E-state index contributed by atoms with van der Waals surface area (Å²) in [6, 6.07) is 6.33. The van der Waals surface area contributed by atoms with Crippen LogP contribution in [-0.2, 0) is 6.42 Å². The van der Waals surface area contributed by atoms with Crippen molar-refractivity contribution < 1.29 is 0 Å². The summed E-state index contributed by atoms with van der Waals surface area (Å²) in [6.45, 7) is 6.54. The van der Waals surface area contributed by atoms with E-state index in [4.69, 9.17) is 23.2 Å². The fourth-order valence-corrected chi connectivity index (χ4v) is 3.07. The maximum absolute atomic E-state index is 6.34. The van der Waals surface area contributed by atoms with Gasteiger partial charge in [0.15, 0.2) is 0 Å². The van der Waals surface area contributed by atoms with Crippen molar-refractivity contribution >= 4 is 23.2 Å². The Balaban J connectivity index is 2.88. The summed E-state index contributed by atoms with van der Waals surface area (Å²) in [6.07, 6.45) is 5.75. The van der Waals surface area contributed by atoms with Gasteiger partial charge in [0.05, 0.1) is 0 Å². The molecular formula is C16H24Cl2. The second-order valence-corrected chi connectivity index (χ2v) is 6.04. The third-order valence-corrected chi connectivity index (χ3v) is 4.79. The quantitative estimate of drug-likeness (QED) is 0.538. The van der Waals surface area contributed by atoms with Crippen molar-refractivity contribution in [3.05, 3.63) is 34.3 Å². The molecule has 1 atom stereocenters. The van der Waals surface area contributed by atoms with Crippen LogP contribution in [0, 0.1) is 12.3 Å². The Morgan fingerprint density at radius 3 is 2.44 bits per heavy atom. The molecule has 0 nitrogen and oxygen atoms in total. The Morgan fingerprint density at radius 2 is 1.94 bits per heavy atom. The molecule has 18 heavy (non-hydrogen) atoms. The lowest BCUT2D eigenvalue weighted by atomic mass is 9.77. The average Bonchev–Trinajstić information content (AvgIpc) is 2.37. The van der Waals surface area contributed by atoms with Crippen molar-refractivity contribution in [3.63, 3.8) is 0 Å². The van der Waals surface area contributed by atoms with Gasteiger partial charge in [-0.1, -0.05) is 50.4 Å². The van der Waals surface area contributed by atoms with E-state index in [1.807, 2.05) is 6.07 Å². The number of benzene rings is 1. The smallest absolute Gasteiger partial charge is 0.0440 e. The van der Waals surface area contributed by atoms with Gasteiger partial charge in [0.2, 0.25) is 0 Å². The zero-order valence-corrected chi connectivity index (χ0v) is 13.2. The first kappa shape index (κ1) is 15.9. The molecular weight excluding hydrogens is 263 g/mol. The number of alkyl halides is 1. The van der Waals surface area contributed by atoms with Gasteiger partial charge in [0.1, 0.15) is 0 Å². The van der Waals surface area contributed by atoms with Crippen LogP contribution < -0.4 is 0 Å². The number of rotatable bonds is 7. The largest absolute Gasteiger partial charge is 0.126 e. The second kappa shape index (κ2) is 7.40. The zero-order chi connectivity index (χ0) is 13.6. The fourth-order valence-electron chi connectivity index (χ4n) is 2.35. The molecule has 1 unspecified atom stereocenters. The van der Waals surface area contributed by atoms with Gasteiger partial charge in [-0.25, -0.2) is 0 Å².